The monoisotopic (exact) mass is 265 g/mol. The van der Waals surface area contributed by atoms with Gasteiger partial charge in [0.1, 0.15) is 11.3 Å². The molecule has 1 saturated carbocycles. The lowest BCUT2D eigenvalue weighted by Crippen LogP contribution is -2.46. The lowest BCUT2D eigenvalue weighted by molar-refractivity contribution is 0.0618. The van der Waals surface area contributed by atoms with Crippen LogP contribution in [-0.2, 0) is 0 Å². The Morgan fingerprint density at radius 2 is 2.11 bits per heavy atom. The highest BCUT2D eigenvalue weighted by atomic mass is 16.5. The molecule has 5 heteroatoms. The molecule has 1 aromatic rings. The summed E-state index contributed by atoms with van der Waals surface area (Å²) in [5.41, 5.74) is 7.10. The van der Waals surface area contributed by atoms with Crippen LogP contribution in [0, 0.1) is 19.8 Å². The largest absolute Gasteiger partial charge is 0.361 e. The minimum Gasteiger partial charge on any atom is -0.361 e. The fraction of sp³-hybridized carbons (Fsp3) is 0.714. The van der Waals surface area contributed by atoms with E-state index >= 15 is 0 Å². The van der Waals surface area contributed by atoms with Gasteiger partial charge in [-0.05, 0) is 39.2 Å². The summed E-state index contributed by atoms with van der Waals surface area (Å²) in [5.74, 6) is 0.999. The van der Waals surface area contributed by atoms with Crippen molar-refractivity contribution in [2.24, 2.45) is 11.7 Å². The number of hydrogen-bond acceptors (Lipinski definition) is 4. The Morgan fingerprint density at radius 1 is 1.42 bits per heavy atom. The molecule has 1 fully saturated rings. The second kappa shape index (κ2) is 5.74. The highest BCUT2D eigenvalue weighted by Crippen LogP contribution is 2.28. The first-order valence-electron chi connectivity index (χ1n) is 6.96. The van der Waals surface area contributed by atoms with E-state index in [1.54, 1.807) is 13.8 Å². The van der Waals surface area contributed by atoms with Gasteiger partial charge in [-0.2, -0.15) is 0 Å². The van der Waals surface area contributed by atoms with Crippen molar-refractivity contribution in [3.8, 4) is 0 Å². The smallest absolute Gasteiger partial charge is 0.259 e. The summed E-state index contributed by atoms with van der Waals surface area (Å²) >= 11 is 0. The molecule has 0 aromatic carbocycles. The number of amides is 1. The molecular weight excluding hydrogens is 242 g/mol. The van der Waals surface area contributed by atoms with Crippen molar-refractivity contribution in [3.05, 3.63) is 17.0 Å². The average Bonchev–Trinajstić information content (AvgIpc) is 2.76. The third-order valence-corrected chi connectivity index (χ3v) is 4.24. The lowest BCUT2D eigenvalue weighted by Gasteiger charge is -2.37. The van der Waals surface area contributed by atoms with E-state index in [9.17, 15) is 4.79 Å². The van der Waals surface area contributed by atoms with Gasteiger partial charge in [0.15, 0.2) is 0 Å². The van der Waals surface area contributed by atoms with Crippen LogP contribution in [0.3, 0.4) is 0 Å². The lowest BCUT2D eigenvalue weighted by atomic mass is 9.83. The first kappa shape index (κ1) is 14.1. The zero-order chi connectivity index (χ0) is 14.0. The maximum Gasteiger partial charge on any atom is 0.259 e. The average molecular weight is 265 g/mol. The van der Waals surface area contributed by atoms with Crippen LogP contribution < -0.4 is 5.73 Å². The third kappa shape index (κ3) is 2.66. The summed E-state index contributed by atoms with van der Waals surface area (Å²) in [6, 6.07) is 0.236. The number of aromatic nitrogens is 1. The molecule has 0 bridgehead atoms. The minimum atomic E-state index is 0.00148. The quantitative estimate of drug-likeness (QED) is 0.905. The predicted octanol–water partition coefficient (Wildman–Crippen LogP) is 1.88. The van der Waals surface area contributed by atoms with Gasteiger partial charge in [0.2, 0.25) is 0 Å². The van der Waals surface area contributed by atoms with E-state index in [4.69, 9.17) is 10.3 Å². The highest BCUT2D eigenvalue weighted by Gasteiger charge is 2.32. The van der Waals surface area contributed by atoms with E-state index in [0.717, 1.165) is 12.8 Å². The van der Waals surface area contributed by atoms with Crippen LogP contribution in [0.2, 0.25) is 0 Å². The molecule has 2 unspecified atom stereocenters. The first-order chi connectivity index (χ1) is 9.06. The van der Waals surface area contributed by atoms with Crippen LogP contribution in [0.15, 0.2) is 4.52 Å². The fourth-order valence-corrected chi connectivity index (χ4v) is 3.09. The highest BCUT2D eigenvalue weighted by molar-refractivity contribution is 5.96. The molecule has 0 spiro atoms. The second-order valence-electron chi connectivity index (χ2n) is 5.46. The van der Waals surface area contributed by atoms with Crippen molar-refractivity contribution in [2.45, 2.75) is 45.6 Å². The molecule has 2 rings (SSSR count). The maximum absolute atomic E-state index is 12.6. The second-order valence-corrected chi connectivity index (χ2v) is 5.46. The molecule has 5 nitrogen and oxygen atoms in total. The summed E-state index contributed by atoms with van der Waals surface area (Å²) in [5, 5.41) is 3.86. The molecule has 2 atom stereocenters. The first-order valence-corrected chi connectivity index (χ1v) is 6.96. The van der Waals surface area contributed by atoms with E-state index < -0.39 is 0 Å². The van der Waals surface area contributed by atoms with Crippen molar-refractivity contribution in [1.29, 1.82) is 0 Å². The van der Waals surface area contributed by atoms with Crippen LogP contribution in [0.5, 0.6) is 0 Å². The van der Waals surface area contributed by atoms with E-state index in [0.29, 0.717) is 29.5 Å². The summed E-state index contributed by atoms with van der Waals surface area (Å²) in [6.07, 6.45) is 4.53. The number of carbonyl (C=O) groups excluding carboxylic acids is 1. The van der Waals surface area contributed by atoms with Crippen molar-refractivity contribution in [1.82, 2.24) is 10.1 Å². The number of rotatable bonds is 3. The van der Waals surface area contributed by atoms with E-state index in [1.807, 2.05) is 11.9 Å². The van der Waals surface area contributed by atoms with E-state index in [1.165, 1.54) is 12.8 Å². The van der Waals surface area contributed by atoms with E-state index in [-0.39, 0.29) is 11.9 Å². The molecular formula is C14H23N3O2. The number of nitrogens with zero attached hydrogens (tertiary/aromatic N) is 2. The Bertz CT molecular complexity index is 436. The summed E-state index contributed by atoms with van der Waals surface area (Å²) in [7, 11) is 1.87. The van der Waals surface area contributed by atoms with Gasteiger partial charge in [0, 0.05) is 13.1 Å². The van der Waals surface area contributed by atoms with Crippen molar-refractivity contribution in [2.75, 3.05) is 13.6 Å². The van der Waals surface area contributed by atoms with Gasteiger partial charge in [-0.15, -0.1) is 0 Å². The predicted molar refractivity (Wildman–Crippen MR) is 72.9 cm³/mol. The van der Waals surface area contributed by atoms with Crippen LogP contribution >= 0.6 is 0 Å². The standard InChI is InChI=1S/C14H23N3O2/c1-9-13(10(2)19-16-9)14(18)17(3)12-7-5-4-6-11(12)8-15/h11-12H,4-8,15H2,1-3H3. The van der Waals surface area contributed by atoms with Gasteiger partial charge in [0.05, 0.1) is 5.69 Å². The van der Waals surface area contributed by atoms with Gasteiger partial charge in [-0.3, -0.25) is 4.79 Å². The zero-order valence-electron chi connectivity index (χ0n) is 12.0. The molecule has 2 N–H and O–H groups in total. The normalized spacial score (nSPS) is 23.4. The van der Waals surface area contributed by atoms with Crippen LogP contribution in [0.4, 0.5) is 0 Å². The molecule has 0 aliphatic heterocycles. The van der Waals surface area contributed by atoms with Crippen molar-refractivity contribution in [3.63, 3.8) is 0 Å². The third-order valence-electron chi connectivity index (χ3n) is 4.24. The molecule has 1 amide bonds. The van der Waals surface area contributed by atoms with E-state index in [2.05, 4.69) is 5.16 Å². The van der Waals surface area contributed by atoms with Gasteiger partial charge < -0.3 is 15.2 Å². The molecule has 1 aromatic heterocycles. The molecule has 1 heterocycles. The summed E-state index contributed by atoms with van der Waals surface area (Å²) in [4.78, 5) is 14.4. The Hall–Kier alpha value is -1.36. The molecule has 0 saturated heterocycles. The van der Waals surface area contributed by atoms with Crippen molar-refractivity contribution < 1.29 is 9.32 Å². The molecule has 1 aliphatic carbocycles. The van der Waals surface area contributed by atoms with Gasteiger partial charge in [0.25, 0.3) is 5.91 Å². The Morgan fingerprint density at radius 3 is 2.68 bits per heavy atom. The van der Waals surface area contributed by atoms with Crippen LogP contribution in [0.1, 0.15) is 47.5 Å². The minimum absolute atomic E-state index is 0.00148. The van der Waals surface area contributed by atoms with Crippen molar-refractivity contribution >= 4 is 5.91 Å². The maximum atomic E-state index is 12.6. The van der Waals surface area contributed by atoms with Crippen LogP contribution in [-0.4, -0.2) is 35.6 Å². The Kier molecular flexibility index (Phi) is 4.24. The zero-order valence-corrected chi connectivity index (χ0v) is 12.0. The molecule has 106 valence electrons. The molecule has 19 heavy (non-hydrogen) atoms. The molecule has 1 aliphatic rings. The number of carbonyl (C=O) groups is 1. The number of nitrogens with two attached hydrogens (primary N) is 1. The Labute approximate surface area is 114 Å². The van der Waals surface area contributed by atoms with Gasteiger partial charge >= 0.3 is 0 Å². The molecule has 0 radical (unpaired) electrons. The number of hydrogen-bond donors (Lipinski definition) is 1. The Balaban J connectivity index is 2.18. The fourth-order valence-electron chi connectivity index (χ4n) is 3.09. The van der Waals surface area contributed by atoms with Gasteiger partial charge in [-0.25, -0.2) is 0 Å². The van der Waals surface area contributed by atoms with Crippen LogP contribution in [0.25, 0.3) is 0 Å². The van der Waals surface area contributed by atoms with Gasteiger partial charge in [-0.1, -0.05) is 18.0 Å². The SMILES string of the molecule is Cc1noc(C)c1C(=O)N(C)C1CCCCC1CN. The summed E-state index contributed by atoms with van der Waals surface area (Å²) < 4.78 is 5.08. The summed E-state index contributed by atoms with van der Waals surface area (Å²) in [6.45, 7) is 4.23. The topological polar surface area (TPSA) is 72.4 Å². The number of aryl methyl sites for hydroxylation is 2.